The Balaban J connectivity index is 1.48. The van der Waals surface area contributed by atoms with Crippen LogP contribution >= 0.6 is 0 Å². The van der Waals surface area contributed by atoms with Gasteiger partial charge in [-0.15, -0.1) is 0 Å². The van der Waals surface area contributed by atoms with Crippen molar-refractivity contribution >= 4 is 17.7 Å². The van der Waals surface area contributed by atoms with E-state index in [1.807, 2.05) is 48.5 Å². The summed E-state index contributed by atoms with van der Waals surface area (Å²) in [4.78, 5) is 39.6. The van der Waals surface area contributed by atoms with E-state index in [1.165, 1.54) is 0 Å². The number of nitrogens with one attached hydrogen (secondary N) is 1. The Morgan fingerprint density at radius 3 is 2.18 bits per heavy atom. The van der Waals surface area contributed by atoms with Gasteiger partial charge in [-0.25, -0.2) is 0 Å². The predicted molar refractivity (Wildman–Crippen MR) is 108 cm³/mol. The normalized spacial score (nSPS) is 13.9. The van der Waals surface area contributed by atoms with Gasteiger partial charge in [0.25, 0.3) is 5.91 Å². The Morgan fingerprint density at radius 2 is 1.50 bits per heavy atom. The largest absolute Gasteiger partial charge is 0.352 e. The molecule has 6 heteroatoms. The molecule has 0 radical (unpaired) electrons. The van der Waals surface area contributed by atoms with Crippen LogP contribution in [0.5, 0.6) is 0 Å². The summed E-state index contributed by atoms with van der Waals surface area (Å²) in [6, 6.07) is 17.3. The summed E-state index contributed by atoms with van der Waals surface area (Å²) in [5.74, 6) is -0.148. The van der Waals surface area contributed by atoms with Gasteiger partial charge in [-0.2, -0.15) is 0 Å². The number of carbonyl (C=O) groups is 3. The highest BCUT2D eigenvalue weighted by Gasteiger charge is 2.22. The van der Waals surface area contributed by atoms with E-state index in [4.69, 9.17) is 0 Å². The molecule has 28 heavy (non-hydrogen) atoms. The summed E-state index contributed by atoms with van der Waals surface area (Å²) in [6.45, 7) is 4.07. The number of hydrogen-bond acceptors (Lipinski definition) is 3. The Morgan fingerprint density at radius 1 is 0.857 bits per heavy atom. The van der Waals surface area contributed by atoms with E-state index in [9.17, 15) is 14.4 Å². The fourth-order valence-corrected chi connectivity index (χ4v) is 3.28. The molecule has 146 valence electrons. The van der Waals surface area contributed by atoms with E-state index >= 15 is 0 Å². The maximum Gasteiger partial charge on any atom is 0.251 e. The first kappa shape index (κ1) is 19.6. The van der Waals surface area contributed by atoms with Crippen LogP contribution in [0.3, 0.4) is 0 Å². The third kappa shape index (κ3) is 4.97. The van der Waals surface area contributed by atoms with Gasteiger partial charge in [0, 0.05) is 51.6 Å². The molecule has 1 aliphatic heterocycles. The van der Waals surface area contributed by atoms with Crippen LogP contribution in [0, 0.1) is 0 Å². The monoisotopic (exact) mass is 379 g/mol. The van der Waals surface area contributed by atoms with Crippen LogP contribution in [0.2, 0.25) is 0 Å². The van der Waals surface area contributed by atoms with Gasteiger partial charge in [-0.05, 0) is 23.3 Å². The highest BCUT2D eigenvalue weighted by molar-refractivity contribution is 5.95. The maximum absolute atomic E-state index is 12.4. The Labute approximate surface area is 165 Å². The van der Waals surface area contributed by atoms with Gasteiger partial charge in [0.2, 0.25) is 11.8 Å². The summed E-state index contributed by atoms with van der Waals surface area (Å²) in [5.41, 5.74) is 2.61. The first-order valence-electron chi connectivity index (χ1n) is 9.51. The zero-order chi connectivity index (χ0) is 19.9. The minimum absolute atomic E-state index is 0.00142. The highest BCUT2D eigenvalue weighted by atomic mass is 16.2. The van der Waals surface area contributed by atoms with E-state index in [2.05, 4.69) is 5.32 Å². The van der Waals surface area contributed by atoms with E-state index in [0.717, 1.165) is 11.1 Å². The van der Waals surface area contributed by atoms with Gasteiger partial charge in [0.15, 0.2) is 0 Å². The predicted octanol–water partition coefficient (Wildman–Crippen LogP) is 2.16. The molecule has 1 saturated heterocycles. The van der Waals surface area contributed by atoms with Gasteiger partial charge in [-0.1, -0.05) is 42.5 Å². The lowest BCUT2D eigenvalue weighted by molar-refractivity contribution is -0.138. The van der Waals surface area contributed by atoms with Crippen LogP contribution in [0.25, 0.3) is 11.1 Å². The minimum atomic E-state index is -0.188. The Kier molecular flexibility index (Phi) is 6.42. The SMILES string of the molecule is CC(=O)N1CCN(C(=O)CCNC(=O)c2cccc(-c3ccccc3)c2)CC1. The average Bonchev–Trinajstić information content (AvgIpc) is 2.74. The second-order valence-corrected chi connectivity index (χ2v) is 6.84. The van der Waals surface area contributed by atoms with Gasteiger partial charge in [0.05, 0.1) is 0 Å². The third-order valence-corrected chi connectivity index (χ3v) is 4.93. The fourth-order valence-electron chi connectivity index (χ4n) is 3.28. The lowest BCUT2D eigenvalue weighted by Crippen LogP contribution is -2.50. The first-order valence-corrected chi connectivity index (χ1v) is 9.51. The number of carbonyl (C=O) groups excluding carboxylic acids is 3. The van der Waals surface area contributed by atoms with Crippen molar-refractivity contribution in [2.24, 2.45) is 0 Å². The molecule has 1 N–H and O–H groups in total. The molecule has 6 nitrogen and oxygen atoms in total. The molecule has 3 rings (SSSR count). The maximum atomic E-state index is 12.4. The standard InChI is InChI=1S/C22H25N3O3/c1-17(26)24-12-14-25(15-13-24)21(27)10-11-23-22(28)20-9-5-8-19(16-20)18-6-3-2-4-7-18/h2-9,16H,10-15H2,1H3,(H,23,28). The van der Waals surface area contributed by atoms with Crippen LogP contribution in [0.4, 0.5) is 0 Å². The zero-order valence-corrected chi connectivity index (χ0v) is 16.1. The molecule has 3 amide bonds. The number of piperazine rings is 1. The van der Waals surface area contributed by atoms with Crippen molar-refractivity contribution < 1.29 is 14.4 Å². The highest BCUT2D eigenvalue weighted by Crippen LogP contribution is 2.19. The molecule has 0 aromatic heterocycles. The molecule has 1 aliphatic rings. The summed E-state index contributed by atoms with van der Waals surface area (Å²) in [7, 11) is 0. The van der Waals surface area contributed by atoms with Crippen LogP contribution in [-0.4, -0.2) is 60.2 Å². The molecular weight excluding hydrogens is 354 g/mol. The van der Waals surface area contributed by atoms with Gasteiger partial charge in [0.1, 0.15) is 0 Å². The molecule has 1 heterocycles. The van der Waals surface area contributed by atoms with Crippen LogP contribution in [-0.2, 0) is 9.59 Å². The number of hydrogen-bond donors (Lipinski definition) is 1. The number of nitrogens with zero attached hydrogens (tertiary/aromatic N) is 2. The lowest BCUT2D eigenvalue weighted by Gasteiger charge is -2.34. The number of amides is 3. The van der Waals surface area contributed by atoms with E-state index in [-0.39, 0.29) is 24.1 Å². The van der Waals surface area contributed by atoms with E-state index in [0.29, 0.717) is 38.3 Å². The van der Waals surface area contributed by atoms with Crippen LogP contribution in [0.15, 0.2) is 54.6 Å². The molecular formula is C22H25N3O3. The topological polar surface area (TPSA) is 69.7 Å². The van der Waals surface area contributed by atoms with Crippen molar-refractivity contribution in [3.05, 3.63) is 60.2 Å². The summed E-state index contributed by atoms with van der Waals surface area (Å²) in [5, 5.41) is 2.82. The fraction of sp³-hybridized carbons (Fsp3) is 0.318. The molecule has 2 aromatic rings. The van der Waals surface area contributed by atoms with Crippen molar-refractivity contribution in [3.8, 4) is 11.1 Å². The number of benzene rings is 2. The molecule has 0 atom stereocenters. The Bertz CT molecular complexity index is 843. The van der Waals surface area contributed by atoms with Gasteiger partial charge >= 0.3 is 0 Å². The second kappa shape index (κ2) is 9.17. The quantitative estimate of drug-likeness (QED) is 0.866. The molecule has 0 bridgehead atoms. The smallest absolute Gasteiger partial charge is 0.251 e. The van der Waals surface area contributed by atoms with Gasteiger partial charge < -0.3 is 15.1 Å². The Hall–Kier alpha value is -3.15. The lowest BCUT2D eigenvalue weighted by atomic mass is 10.0. The first-order chi connectivity index (χ1) is 13.5. The van der Waals surface area contributed by atoms with Gasteiger partial charge in [-0.3, -0.25) is 14.4 Å². The summed E-state index contributed by atoms with van der Waals surface area (Å²) < 4.78 is 0. The summed E-state index contributed by atoms with van der Waals surface area (Å²) >= 11 is 0. The second-order valence-electron chi connectivity index (χ2n) is 6.84. The van der Waals surface area contributed by atoms with Crippen LogP contribution < -0.4 is 5.32 Å². The van der Waals surface area contributed by atoms with Crippen molar-refractivity contribution in [1.82, 2.24) is 15.1 Å². The summed E-state index contributed by atoms with van der Waals surface area (Å²) in [6.07, 6.45) is 0.254. The molecule has 1 fully saturated rings. The van der Waals surface area contributed by atoms with Crippen molar-refractivity contribution in [3.63, 3.8) is 0 Å². The molecule has 0 spiro atoms. The zero-order valence-electron chi connectivity index (χ0n) is 16.1. The molecule has 0 unspecified atom stereocenters. The van der Waals surface area contributed by atoms with E-state index in [1.54, 1.807) is 22.8 Å². The van der Waals surface area contributed by atoms with Crippen molar-refractivity contribution in [2.75, 3.05) is 32.7 Å². The molecule has 0 saturated carbocycles. The third-order valence-electron chi connectivity index (χ3n) is 4.93. The minimum Gasteiger partial charge on any atom is -0.352 e. The van der Waals surface area contributed by atoms with Crippen LogP contribution in [0.1, 0.15) is 23.7 Å². The molecule has 0 aliphatic carbocycles. The van der Waals surface area contributed by atoms with E-state index < -0.39 is 0 Å². The van der Waals surface area contributed by atoms with Crippen molar-refractivity contribution in [2.45, 2.75) is 13.3 Å². The molecule has 2 aromatic carbocycles. The average molecular weight is 379 g/mol. The number of rotatable bonds is 5. The van der Waals surface area contributed by atoms with Crippen molar-refractivity contribution in [1.29, 1.82) is 0 Å².